The summed E-state index contributed by atoms with van der Waals surface area (Å²) >= 11 is 0. The molecule has 3 aromatic rings. The Morgan fingerprint density at radius 3 is 2.41 bits per heavy atom. The van der Waals surface area contributed by atoms with Gasteiger partial charge in [-0.25, -0.2) is 4.52 Å². The lowest BCUT2D eigenvalue weighted by atomic mass is 9.66. The third-order valence-electron chi connectivity index (χ3n) is 7.73. The fourth-order valence-electron chi connectivity index (χ4n) is 6.04. The predicted octanol–water partition coefficient (Wildman–Crippen LogP) is 3.58. The van der Waals surface area contributed by atoms with Gasteiger partial charge in [-0.15, -0.1) is 0 Å². The largest absolute Gasteiger partial charge is 0.367 e. The average molecular weight is 391 g/mol. The molecule has 3 aliphatic rings. The molecule has 0 aromatic carbocycles. The van der Waals surface area contributed by atoms with Gasteiger partial charge < -0.3 is 4.90 Å². The van der Waals surface area contributed by atoms with Crippen LogP contribution in [0.25, 0.3) is 16.6 Å². The monoisotopic (exact) mass is 390 g/mol. The molecular weight excluding hydrogens is 360 g/mol. The van der Waals surface area contributed by atoms with Crippen molar-refractivity contribution in [2.75, 3.05) is 18.0 Å². The first-order valence-electron chi connectivity index (χ1n) is 11.0. The van der Waals surface area contributed by atoms with E-state index < -0.39 is 0 Å². The maximum absolute atomic E-state index is 4.58. The molecule has 6 nitrogen and oxygen atoms in total. The van der Waals surface area contributed by atoms with Crippen molar-refractivity contribution < 1.29 is 0 Å². The molecule has 29 heavy (non-hydrogen) atoms. The topological polar surface area (TPSA) is 41.6 Å². The van der Waals surface area contributed by atoms with Crippen LogP contribution < -0.4 is 4.90 Å². The summed E-state index contributed by atoms with van der Waals surface area (Å²) in [5.41, 5.74) is 5.33. The Balaban J connectivity index is 1.32. The number of fused-ring (bicyclic) bond motifs is 3. The molecule has 3 atom stereocenters. The maximum atomic E-state index is 4.58. The first-order valence-corrected chi connectivity index (χ1v) is 11.0. The smallest absolute Gasteiger partial charge is 0.0886 e. The molecule has 6 heteroatoms. The Hall–Kier alpha value is -2.34. The lowest BCUT2D eigenvalue weighted by Crippen LogP contribution is -2.63. The minimum Gasteiger partial charge on any atom is -0.367 e. The number of aryl methyl sites for hydroxylation is 1. The van der Waals surface area contributed by atoms with E-state index in [1.54, 1.807) is 0 Å². The van der Waals surface area contributed by atoms with Gasteiger partial charge in [0.2, 0.25) is 0 Å². The number of rotatable bonds is 3. The highest BCUT2D eigenvalue weighted by molar-refractivity contribution is 5.79. The van der Waals surface area contributed by atoms with Gasteiger partial charge in [0.15, 0.2) is 0 Å². The first-order chi connectivity index (χ1) is 14.0. The van der Waals surface area contributed by atoms with Gasteiger partial charge in [-0.05, 0) is 43.2 Å². The van der Waals surface area contributed by atoms with E-state index in [0.29, 0.717) is 17.5 Å². The van der Waals surface area contributed by atoms with Crippen LogP contribution in [0.1, 0.15) is 39.5 Å². The van der Waals surface area contributed by atoms with Gasteiger partial charge in [0.25, 0.3) is 0 Å². The summed E-state index contributed by atoms with van der Waals surface area (Å²) < 4.78 is 3.88. The summed E-state index contributed by atoms with van der Waals surface area (Å²) in [6.45, 7) is 7.19. The summed E-state index contributed by atoms with van der Waals surface area (Å²) in [7, 11) is 1.96. The van der Waals surface area contributed by atoms with E-state index >= 15 is 0 Å². The molecule has 5 heterocycles. The van der Waals surface area contributed by atoms with Gasteiger partial charge in [-0.3, -0.25) is 9.58 Å². The third kappa shape index (κ3) is 2.65. The standard InChI is InChI=1S/C23H30N6/c1-23(2)8-6-22(23)29-18-4-5-19(29)15-27(14-18)20-7-9-24-28-13-16(10-21(20)28)17-11-25-26(3)12-17/h7,9-13,18-19,22H,4-6,8,14-15H2,1-3H3. The Morgan fingerprint density at radius 1 is 1.00 bits per heavy atom. The quantitative estimate of drug-likeness (QED) is 0.686. The summed E-state index contributed by atoms with van der Waals surface area (Å²) in [5.74, 6) is 0. The van der Waals surface area contributed by atoms with Crippen LogP contribution in [0, 0.1) is 5.41 Å². The molecule has 3 unspecified atom stereocenters. The summed E-state index contributed by atoms with van der Waals surface area (Å²) in [6, 6.07) is 6.64. The zero-order valence-electron chi connectivity index (χ0n) is 17.6. The lowest BCUT2D eigenvalue weighted by Gasteiger charge is -2.56. The van der Waals surface area contributed by atoms with Gasteiger partial charge in [0, 0.05) is 68.0 Å². The van der Waals surface area contributed by atoms with Crippen molar-refractivity contribution in [2.24, 2.45) is 12.5 Å². The van der Waals surface area contributed by atoms with E-state index in [1.165, 1.54) is 42.5 Å². The minimum atomic E-state index is 0.493. The molecule has 0 spiro atoms. The summed E-state index contributed by atoms with van der Waals surface area (Å²) in [5, 5.41) is 8.91. The van der Waals surface area contributed by atoms with Crippen molar-refractivity contribution in [3.63, 3.8) is 0 Å². The molecule has 1 saturated carbocycles. The number of hydrogen-bond acceptors (Lipinski definition) is 4. The highest BCUT2D eigenvalue weighted by atomic mass is 15.4. The van der Waals surface area contributed by atoms with E-state index in [4.69, 9.17) is 0 Å². The fraction of sp³-hybridized carbons (Fsp3) is 0.565. The van der Waals surface area contributed by atoms with Crippen LogP contribution in [0.5, 0.6) is 0 Å². The molecule has 1 aliphatic carbocycles. The zero-order valence-corrected chi connectivity index (χ0v) is 17.6. The molecule has 2 aliphatic heterocycles. The molecule has 0 radical (unpaired) electrons. The second-order valence-electron chi connectivity index (χ2n) is 9.96. The molecule has 2 saturated heterocycles. The van der Waals surface area contributed by atoms with Crippen molar-refractivity contribution >= 4 is 11.2 Å². The van der Waals surface area contributed by atoms with Crippen LogP contribution in [-0.4, -0.2) is 55.5 Å². The Labute approximate surface area is 172 Å². The first kappa shape index (κ1) is 17.5. The molecule has 0 N–H and O–H groups in total. The van der Waals surface area contributed by atoms with Crippen LogP contribution in [0.15, 0.2) is 36.9 Å². The van der Waals surface area contributed by atoms with Gasteiger partial charge in [-0.1, -0.05) is 13.8 Å². The van der Waals surface area contributed by atoms with E-state index in [-0.39, 0.29) is 0 Å². The van der Waals surface area contributed by atoms with E-state index in [1.807, 2.05) is 28.6 Å². The van der Waals surface area contributed by atoms with Crippen LogP contribution in [-0.2, 0) is 7.05 Å². The zero-order chi connectivity index (χ0) is 19.8. The van der Waals surface area contributed by atoms with Crippen LogP contribution in [0.4, 0.5) is 5.69 Å². The summed E-state index contributed by atoms with van der Waals surface area (Å²) in [4.78, 5) is 5.52. The maximum Gasteiger partial charge on any atom is 0.0886 e. The number of aromatic nitrogens is 4. The van der Waals surface area contributed by atoms with E-state index in [9.17, 15) is 0 Å². The predicted molar refractivity (Wildman–Crippen MR) is 115 cm³/mol. The Morgan fingerprint density at radius 2 is 1.79 bits per heavy atom. The minimum absolute atomic E-state index is 0.493. The number of piperazine rings is 1. The summed E-state index contributed by atoms with van der Waals surface area (Å²) in [6.07, 6.45) is 13.5. The number of anilines is 1. The van der Waals surface area contributed by atoms with E-state index in [0.717, 1.165) is 24.7 Å². The van der Waals surface area contributed by atoms with Crippen LogP contribution in [0.3, 0.4) is 0 Å². The normalized spacial score (nSPS) is 28.8. The number of hydrogen-bond donors (Lipinski definition) is 0. The third-order valence-corrected chi connectivity index (χ3v) is 7.73. The van der Waals surface area contributed by atoms with Crippen molar-refractivity contribution in [1.29, 1.82) is 0 Å². The van der Waals surface area contributed by atoms with Crippen molar-refractivity contribution in [3.8, 4) is 11.1 Å². The SMILES string of the molecule is Cn1cc(-c2cc3c(N4CC5CCC(C4)N5C4CCC4(C)C)ccnn3c2)cn1. The van der Waals surface area contributed by atoms with Gasteiger partial charge in [-0.2, -0.15) is 10.2 Å². The molecule has 0 amide bonds. The fourth-order valence-corrected chi connectivity index (χ4v) is 6.04. The second-order valence-corrected chi connectivity index (χ2v) is 9.96. The highest BCUT2D eigenvalue weighted by Gasteiger charge is 2.51. The molecule has 6 rings (SSSR count). The second kappa shape index (κ2) is 6.08. The molecular formula is C23H30N6. The Kier molecular flexibility index (Phi) is 3.67. The molecule has 3 aromatic heterocycles. The van der Waals surface area contributed by atoms with Gasteiger partial charge in [0.05, 0.1) is 17.4 Å². The van der Waals surface area contributed by atoms with Crippen molar-refractivity contribution in [3.05, 3.63) is 36.9 Å². The Bertz CT molecular complexity index is 1050. The van der Waals surface area contributed by atoms with Crippen LogP contribution >= 0.6 is 0 Å². The number of nitrogens with zero attached hydrogens (tertiary/aromatic N) is 6. The lowest BCUT2D eigenvalue weighted by molar-refractivity contribution is -0.0351. The van der Waals surface area contributed by atoms with Gasteiger partial charge >= 0.3 is 0 Å². The van der Waals surface area contributed by atoms with Crippen molar-refractivity contribution in [1.82, 2.24) is 24.3 Å². The highest BCUT2D eigenvalue weighted by Crippen LogP contribution is 2.48. The average Bonchev–Trinajstić information content (AvgIpc) is 3.37. The molecule has 3 fully saturated rings. The van der Waals surface area contributed by atoms with Gasteiger partial charge in [0.1, 0.15) is 0 Å². The van der Waals surface area contributed by atoms with Crippen molar-refractivity contribution in [2.45, 2.75) is 57.7 Å². The molecule has 152 valence electrons. The van der Waals surface area contributed by atoms with E-state index in [2.05, 4.69) is 58.4 Å². The van der Waals surface area contributed by atoms with Crippen LogP contribution in [0.2, 0.25) is 0 Å². The molecule has 2 bridgehead atoms.